The van der Waals surface area contributed by atoms with Crippen molar-refractivity contribution >= 4 is 23.2 Å². The third kappa shape index (κ3) is 4.91. The van der Waals surface area contributed by atoms with E-state index >= 15 is 0 Å². The van der Waals surface area contributed by atoms with Crippen LogP contribution in [0.25, 0.3) is 16.9 Å². The number of hydrogen-bond acceptors (Lipinski definition) is 9. The van der Waals surface area contributed by atoms with Crippen molar-refractivity contribution in [3.05, 3.63) is 70.0 Å². The summed E-state index contributed by atoms with van der Waals surface area (Å²) in [6.07, 6.45) is 0.208. The Hall–Kier alpha value is -4.06. The van der Waals surface area contributed by atoms with E-state index in [1.54, 1.807) is 20.2 Å². The number of alkyl halides is 1. The van der Waals surface area contributed by atoms with Gasteiger partial charge >= 0.3 is 0 Å². The lowest BCUT2D eigenvalue weighted by Crippen LogP contribution is -2.65. The molecule has 2 aromatic carbocycles. The van der Waals surface area contributed by atoms with Gasteiger partial charge in [-0.05, 0) is 68.2 Å². The van der Waals surface area contributed by atoms with E-state index in [4.69, 9.17) is 5.73 Å². The van der Waals surface area contributed by atoms with Crippen LogP contribution in [-0.4, -0.2) is 93.7 Å². The molecule has 43 heavy (non-hydrogen) atoms. The van der Waals surface area contributed by atoms with Crippen molar-refractivity contribution in [2.75, 3.05) is 34.4 Å². The first-order valence-corrected chi connectivity index (χ1v) is 13.7. The average Bonchev–Trinajstić information content (AvgIpc) is 2.91. The van der Waals surface area contributed by atoms with Crippen LogP contribution in [0.3, 0.4) is 0 Å². The molecule has 0 saturated heterocycles. The molecular formula is C32H38FN3O7. The van der Waals surface area contributed by atoms with Gasteiger partial charge in [-0.3, -0.25) is 24.2 Å². The summed E-state index contributed by atoms with van der Waals surface area (Å²) >= 11 is 0. The largest absolute Gasteiger partial charge is 0.508 e. The molecule has 6 N–H and O–H groups in total. The Labute approximate surface area is 249 Å². The second-order valence-corrected chi connectivity index (χ2v) is 11.6. The van der Waals surface area contributed by atoms with Crippen LogP contribution in [0.2, 0.25) is 0 Å². The Kier molecular flexibility index (Phi) is 8.56. The van der Waals surface area contributed by atoms with Crippen molar-refractivity contribution in [2.24, 2.45) is 17.6 Å². The third-order valence-electron chi connectivity index (χ3n) is 8.79. The summed E-state index contributed by atoms with van der Waals surface area (Å²) in [7, 11) is 4.94. The molecule has 0 aliphatic heterocycles. The number of ketones is 2. The summed E-state index contributed by atoms with van der Waals surface area (Å²) in [5.41, 5.74) is 4.76. The number of hydrogen-bond donors (Lipinski definition) is 5. The summed E-state index contributed by atoms with van der Waals surface area (Å²) in [5.74, 6) is -6.85. The van der Waals surface area contributed by atoms with Gasteiger partial charge in [0.25, 0.3) is 5.91 Å². The molecule has 0 radical (unpaired) electrons. The maximum Gasteiger partial charge on any atom is 0.255 e. The number of benzene rings is 2. The Balaban J connectivity index is 0.00000423. The number of rotatable bonds is 7. The van der Waals surface area contributed by atoms with Gasteiger partial charge in [0.15, 0.2) is 11.4 Å². The fraction of sp³-hybridized carbons (Fsp3) is 0.406. The fourth-order valence-corrected chi connectivity index (χ4v) is 6.84. The number of phenols is 1. The highest BCUT2D eigenvalue weighted by Gasteiger charge is 2.64. The maximum absolute atomic E-state index is 14.0. The molecule has 11 heteroatoms. The van der Waals surface area contributed by atoms with Crippen LogP contribution < -0.4 is 5.73 Å². The molecule has 1 amide bonds. The van der Waals surface area contributed by atoms with Crippen LogP contribution in [0.4, 0.5) is 4.39 Å². The molecule has 0 bridgehead atoms. The molecule has 0 aromatic heterocycles. The monoisotopic (exact) mass is 595 g/mol. The highest BCUT2D eigenvalue weighted by atomic mass is 19.1. The van der Waals surface area contributed by atoms with Crippen LogP contribution in [0.15, 0.2) is 53.3 Å². The SMILES string of the molecule is C.CN(CCF)Cc1ccc(-c2ccc(O)c3c2C[C@H]2C[C@H]4[C@H](N(C)C)C(=O)C(C(N)=O)=C(O)[C@@]4(O)C(=O)C2=C3O)cc1. The summed E-state index contributed by atoms with van der Waals surface area (Å²) in [5, 5.41) is 44.9. The van der Waals surface area contributed by atoms with Crippen molar-refractivity contribution in [1.29, 1.82) is 0 Å². The van der Waals surface area contributed by atoms with Gasteiger partial charge in [0, 0.05) is 24.6 Å². The second kappa shape index (κ2) is 11.6. The number of carbonyl (C=O) groups excluding carboxylic acids is 3. The van der Waals surface area contributed by atoms with Crippen LogP contribution in [-0.2, 0) is 27.3 Å². The minimum absolute atomic E-state index is 0. The van der Waals surface area contributed by atoms with Gasteiger partial charge < -0.3 is 26.2 Å². The van der Waals surface area contributed by atoms with E-state index in [0.717, 1.165) is 11.1 Å². The average molecular weight is 596 g/mol. The topological polar surface area (TPSA) is 165 Å². The first-order valence-electron chi connectivity index (χ1n) is 13.7. The molecule has 0 heterocycles. The molecule has 4 atom stereocenters. The van der Waals surface area contributed by atoms with Crippen LogP contribution in [0, 0.1) is 11.8 Å². The number of nitrogens with zero attached hydrogens (tertiary/aromatic N) is 2. The molecular weight excluding hydrogens is 557 g/mol. The Morgan fingerprint density at radius 2 is 1.72 bits per heavy atom. The predicted octanol–water partition coefficient (Wildman–Crippen LogP) is 2.67. The predicted molar refractivity (Wildman–Crippen MR) is 159 cm³/mol. The van der Waals surface area contributed by atoms with Gasteiger partial charge in [-0.2, -0.15) is 0 Å². The van der Waals surface area contributed by atoms with Crippen molar-refractivity contribution in [2.45, 2.75) is 38.5 Å². The van der Waals surface area contributed by atoms with E-state index in [1.807, 2.05) is 36.2 Å². The van der Waals surface area contributed by atoms with Crippen molar-refractivity contribution in [1.82, 2.24) is 9.80 Å². The van der Waals surface area contributed by atoms with Gasteiger partial charge in [-0.25, -0.2) is 4.39 Å². The normalized spacial score (nSPS) is 25.0. The summed E-state index contributed by atoms with van der Waals surface area (Å²) < 4.78 is 12.7. The van der Waals surface area contributed by atoms with E-state index in [9.17, 15) is 39.2 Å². The third-order valence-corrected chi connectivity index (χ3v) is 8.79. The van der Waals surface area contributed by atoms with E-state index < -0.39 is 64.7 Å². The molecule has 2 aromatic rings. The van der Waals surface area contributed by atoms with Crippen LogP contribution >= 0.6 is 0 Å². The lowest BCUT2D eigenvalue weighted by atomic mass is 9.57. The van der Waals surface area contributed by atoms with E-state index in [1.165, 1.54) is 11.0 Å². The Morgan fingerprint density at radius 1 is 1.07 bits per heavy atom. The number of aromatic hydroxyl groups is 1. The standard InChI is InChI=1S/C31H34FN3O7.CH4/c1-34(2)25-20-13-17-12-19-18(16-6-4-15(5-7-16)14-35(3)11-10-32)8-9-21(36)23(19)26(37)22(17)28(39)31(20,42)29(40)24(27(25)38)30(33)41;/h4-9,17,20,25,36-37,40,42H,10-14H2,1-3H3,(H2,33,41);1H4/t17-,20-,25-,31-;/m0./s1. The lowest BCUT2D eigenvalue weighted by Gasteiger charge is -2.50. The van der Waals surface area contributed by atoms with E-state index in [0.29, 0.717) is 24.2 Å². The number of primary amides is 1. The highest BCUT2D eigenvalue weighted by Crippen LogP contribution is 2.53. The number of carbonyl (C=O) groups is 3. The molecule has 5 rings (SSSR count). The number of Topliss-reactive ketones (excluding diaryl/α,β-unsaturated/α-hetero) is 2. The zero-order valence-corrected chi connectivity index (χ0v) is 23.6. The van der Waals surface area contributed by atoms with E-state index in [-0.39, 0.29) is 37.2 Å². The molecule has 1 fully saturated rings. The zero-order valence-electron chi connectivity index (χ0n) is 23.6. The maximum atomic E-state index is 14.0. The summed E-state index contributed by atoms with van der Waals surface area (Å²) in [6, 6.07) is 9.59. The van der Waals surface area contributed by atoms with Gasteiger partial charge in [0.1, 0.15) is 29.5 Å². The number of amides is 1. The second-order valence-electron chi connectivity index (χ2n) is 11.6. The molecule has 230 valence electrons. The van der Waals surface area contributed by atoms with Gasteiger partial charge in [0.2, 0.25) is 5.78 Å². The minimum Gasteiger partial charge on any atom is -0.508 e. The Morgan fingerprint density at radius 3 is 2.30 bits per heavy atom. The van der Waals surface area contributed by atoms with Gasteiger partial charge in [-0.1, -0.05) is 37.8 Å². The lowest BCUT2D eigenvalue weighted by molar-refractivity contribution is -0.153. The summed E-state index contributed by atoms with van der Waals surface area (Å²) in [6.45, 7) is 0.430. The van der Waals surface area contributed by atoms with Crippen molar-refractivity contribution < 1.29 is 39.2 Å². The first-order chi connectivity index (χ1) is 19.8. The number of likely N-dealkylation sites (N-methyl/N-ethyl adjacent to an activating group) is 1. The molecule has 1 saturated carbocycles. The van der Waals surface area contributed by atoms with Crippen molar-refractivity contribution in [3.63, 3.8) is 0 Å². The quantitative estimate of drug-likeness (QED) is 0.303. The molecule has 0 spiro atoms. The number of phenolic OH excluding ortho intramolecular Hbond substituents is 1. The van der Waals surface area contributed by atoms with Gasteiger partial charge in [0.05, 0.1) is 11.6 Å². The van der Waals surface area contributed by atoms with E-state index in [2.05, 4.69) is 0 Å². The minimum atomic E-state index is -2.68. The fourth-order valence-electron chi connectivity index (χ4n) is 6.84. The summed E-state index contributed by atoms with van der Waals surface area (Å²) in [4.78, 5) is 42.7. The van der Waals surface area contributed by atoms with Crippen LogP contribution in [0.5, 0.6) is 5.75 Å². The number of fused-ring (bicyclic) bond motifs is 3. The van der Waals surface area contributed by atoms with Gasteiger partial charge in [-0.15, -0.1) is 0 Å². The molecule has 3 aliphatic carbocycles. The molecule has 10 nitrogen and oxygen atoms in total. The number of aliphatic hydroxyl groups is 3. The molecule has 3 aliphatic rings. The first kappa shape index (κ1) is 31.9. The number of halogens is 1. The highest BCUT2D eigenvalue weighted by molar-refractivity contribution is 6.24. The molecule has 0 unspecified atom stereocenters. The van der Waals surface area contributed by atoms with Crippen LogP contribution in [0.1, 0.15) is 30.5 Å². The number of aliphatic hydroxyl groups excluding tert-OH is 2. The van der Waals surface area contributed by atoms with Crippen molar-refractivity contribution in [3.8, 4) is 16.9 Å². The smallest absolute Gasteiger partial charge is 0.255 e. The Bertz CT molecular complexity index is 1550. The number of nitrogens with two attached hydrogens (primary N) is 1. The zero-order chi connectivity index (χ0) is 30.7.